The Morgan fingerprint density at radius 1 is 0.960 bits per heavy atom. The number of rotatable bonds is 1. The Bertz CT molecular complexity index is 1220. The van der Waals surface area contributed by atoms with Crippen LogP contribution in [-0.4, -0.2) is 19.8 Å². The van der Waals surface area contributed by atoms with Crippen molar-refractivity contribution in [3.8, 4) is 17.2 Å². The van der Waals surface area contributed by atoms with E-state index in [9.17, 15) is 15.0 Å². The van der Waals surface area contributed by atoms with Crippen molar-refractivity contribution in [3.63, 3.8) is 0 Å². The third-order valence-corrected chi connectivity index (χ3v) is 4.64. The van der Waals surface area contributed by atoms with Crippen molar-refractivity contribution >= 4 is 44.9 Å². The molecule has 4 aromatic rings. The topological polar surface area (TPSA) is 75.3 Å². The highest BCUT2D eigenvalue weighted by molar-refractivity contribution is 6.39. The summed E-state index contributed by atoms with van der Waals surface area (Å²) >= 11 is 12.0. The first kappa shape index (κ1) is 15.7. The predicted molar refractivity (Wildman–Crippen MR) is 98.2 cm³/mol. The highest BCUT2D eigenvalue weighted by Gasteiger charge is 2.17. The highest BCUT2D eigenvalue weighted by atomic mass is 35.5. The summed E-state index contributed by atoms with van der Waals surface area (Å²) in [6.45, 7) is 0. The SMILES string of the molecule is O=c1c2c(Cl)cc(Cl)c(O)c2ncn1-c1ccc2ccccc2c1O. The van der Waals surface area contributed by atoms with Crippen LogP contribution in [0.25, 0.3) is 27.4 Å². The van der Waals surface area contributed by atoms with Crippen LogP contribution in [-0.2, 0) is 0 Å². The van der Waals surface area contributed by atoms with Crippen molar-refractivity contribution in [2.24, 2.45) is 0 Å². The third-order valence-electron chi connectivity index (χ3n) is 4.05. The number of hydrogen-bond acceptors (Lipinski definition) is 4. The number of fused-ring (bicyclic) bond motifs is 2. The van der Waals surface area contributed by atoms with Gasteiger partial charge in [0.1, 0.15) is 17.6 Å². The zero-order chi connectivity index (χ0) is 17.7. The monoisotopic (exact) mass is 372 g/mol. The molecule has 0 radical (unpaired) electrons. The Balaban J connectivity index is 2.08. The van der Waals surface area contributed by atoms with Crippen molar-refractivity contribution in [1.82, 2.24) is 9.55 Å². The molecule has 0 saturated heterocycles. The first-order chi connectivity index (χ1) is 12.0. The van der Waals surface area contributed by atoms with Gasteiger partial charge in [0.05, 0.1) is 21.1 Å². The van der Waals surface area contributed by atoms with Crippen LogP contribution >= 0.6 is 23.2 Å². The van der Waals surface area contributed by atoms with Gasteiger partial charge in [-0.05, 0) is 17.5 Å². The van der Waals surface area contributed by atoms with Crippen LogP contribution in [0.3, 0.4) is 0 Å². The lowest BCUT2D eigenvalue weighted by Gasteiger charge is -2.12. The summed E-state index contributed by atoms with van der Waals surface area (Å²) in [7, 11) is 0. The molecule has 5 nitrogen and oxygen atoms in total. The molecule has 0 bridgehead atoms. The summed E-state index contributed by atoms with van der Waals surface area (Å²) in [6.07, 6.45) is 1.22. The highest BCUT2D eigenvalue weighted by Crippen LogP contribution is 2.35. The second kappa shape index (κ2) is 5.65. The zero-order valence-electron chi connectivity index (χ0n) is 12.6. The molecule has 1 aromatic heterocycles. The van der Waals surface area contributed by atoms with Crippen molar-refractivity contribution in [2.45, 2.75) is 0 Å². The molecule has 4 rings (SSSR count). The van der Waals surface area contributed by atoms with Crippen molar-refractivity contribution in [2.75, 3.05) is 0 Å². The maximum Gasteiger partial charge on any atom is 0.267 e. The minimum atomic E-state index is -0.521. The number of halogens is 2. The molecule has 7 heteroatoms. The third kappa shape index (κ3) is 2.32. The van der Waals surface area contributed by atoms with Gasteiger partial charge in [-0.3, -0.25) is 9.36 Å². The number of phenols is 2. The number of phenolic OH excluding ortho intramolecular Hbond substituents is 2. The van der Waals surface area contributed by atoms with E-state index in [0.717, 1.165) is 5.39 Å². The fourth-order valence-electron chi connectivity index (χ4n) is 2.82. The molecule has 25 heavy (non-hydrogen) atoms. The summed E-state index contributed by atoms with van der Waals surface area (Å²) in [5, 5.41) is 22.1. The average Bonchev–Trinajstić information content (AvgIpc) is 2.60. The standard InChI is InChI=1S/C18H10Cl2N2O3/c19-11-7-12(20)17(24)15-14(11)18(25)22(8-21-15)13-6-5-9-3-1-2-4-10(9)16(13)23/h1-8,23-24H. The molecule has 2 N–H and O–H groups in total. The summed E-state index contributed by atoms with van der Waals surface area (Å²) in [6, 6.07) is 12.0. The molecule has 0 unspecified atom stereocenters. The van der Waals surface area contributed by atoms with E-state index in [1.165, 1.54) is 17.0 Å². The molecule has 0 fully saturated rings. The van der Waals surface area contributed by atoms with E-state index in [1.807, 2.05) is 12.1 Å². The van der Waals surface area contributed by atoms with Crippen LogP contribution in [0.4, 0.5) is 0 Å². The van der Waals surface area contributed by atoms with Crippen LogP contribution in [0.1, 0.15) is 0 Å². The average molecular weight is 373 g/mol. The zero-order valence-corrected chi connectivity index (χ0v) is 14.1. The second-order valence-corrected chi connectivity index (χ2v) is 6.30. The summed E-state index contributed by atoms with van der Waals surface area (Å²) in [5.41, 5.74) is -0.241. The number of aromatic nitrogens is 2. The molecule has 0 saturated carbocycles. The van der Waals surface area contributed by atoms with Gasteiger partial charge in [-0.2, -0.15) is 0 Å². The number of aromatic hydroxyl groups is 2. The molecular formula is C18H10Cl2N2O3. The molecular weight excluding hydrogens is 363 g/mol. The molecule has 0 spiro atoms. The van der Waals surface area contributed by atoms with Gasteiger partial charge in [-0.1, -0.05) is 53.5 Å². The summed E-state index contributed by atoms with van der Waals surface area (Å²) in [4.78, 5) is 17.0. The first-order valence-corrected chi connectivity index (χ1v) is 8.04. The van der Waals surface area contributed by atoms with Crippen molar-refractivity contribution in [3.05, 3.63) is 69.2 Å². The maximum atomic E-state index is 12.9. The molecule has 0 aliphatic rings. The molecule has 0 aliphatic heterocycles. The van der Waals surface area contributed by atoms with Crippen LogP contribution in [0.5, 0.6) is 11.5 Å². The molecule has 124 valence electrons. The van der Waals surface area contributed by atoms with Gasteiger partial charge in [0.2, 0.25) is 0 Å². The van der Waals surface area contributed by atoms with Crippen LogP contribution in [0, 0.1) is 0 Å². The van der Waals surface area contributed by atoms with Gasteiger partial charge in [0.15, 0.2) is 5.75 Å². The van der Waals surface area contributed by atoms with Crippen LogP contribution in [0.15, 0.2) is 53.6 Å². The van der Waals surface area contributed by atoms with Crippen LogP contribution in [0.2, 0.25) is 10.0 Å². The van der Waals surface area contributed by atoms with E-state index >= 15 is 0 Å². The van der Waals surface area contributed by atoms with E-state index in [-0.39, 0.29) is 38.1 Å². The maximum absolute atomic E-state index is 12.9. The number of hydrogen-bond donors (Lipinski definition) is 2. The minimum Gasteiger partial charge on any atom is -0.505 e. The Labute approximate surface area is 151 Å². The van der Waals surface area contributed by atoms with Gasteiger partial charge < -0.3 is 10.2 Å². The second-order valence-electron chi connectivity index (χ2n) is 5.49. The quantitative estimate of drug-likeness (QED) is 0.523. The van der Waals surface area contributed by atoms with Gasteiger partial charge in [0, 0.05) is 5.39 Å². The van der Waals surface area contributed by atoms with E-state index in [4.69, 9.17) is 23.2 Å². The van der Waals surface area contributed by atoms with Crippen LogP contribution < -0.4 is 5.56 Å². The summed E-state index contributed by atoms with van der Waals surface area (Å²) < 4.78 is 1.18. The van der Waals surface area contributed by atoms with E-state index < -0.39 is 5.56 Å². The number of benzene rings is 3. The smallest absolute Gasteiger partial charge is 0.267 e. The molecule has 1 heterocycles. The largest absolute Gasteiger partial charge is 0.505 e. The Morgan fingerprint density at radius 3 is 2.52 bits per heavy atom. The molecule has 0 amide bonds. The first-order valence-electron chi connectivity index (χ1n) is 7.28. The Kier molecular flexibility index (Phi) is 3.56. The lowest BCUT2D eigenvalue weighted by Crippen LogP contribution is -2.19. The minimum absolute atomic E-state index is 0.00991. The number of nitrogens with zero attached hydrogens (tertiary/aromatic N) is 2. The Morgan fingerprint density at radius 2 is 1.72 bits per heavy atom. The van der Waals surface area contributed by atoms with Crippen molar-refractivity contribution in [1.29, 1.82) is 0 Å². The van der Waals surface area contributed by atoms with Gasteiger partial charge >= 0.3 is 0 Å². The molecule has 3 aromatic carbocycles. The fraction of sp³-hybridized carbons (Fsp3) is 0. The van der Waals surface area contributed by atoms with Gasteiger partial charge in [-0.15, -0.1) is 0 Å². The lowest BCUT2D eigenvalue weighted by atomic mass is 10.1. The van der Waals surface area contributed by atoms with E-state index in [2.05, 4.69) is 4.98 Å². The van der Waals surface area contributed by atoms with Gasteiger partial charge in [-0.25, -0.2) is 4.98 Å². The fourth-order valence-corrected chi connectivity index (χ4v) is 3.36. The van der Waals surface area contributed by atoms with Crippen molar-refractivity contribution < 1.29 is 10.2 Å². The normalized spacial score (nSPS) is 11.3. The lowest BCUT2D eigenvalue weighted by molar-refractivity contribution is 0.477. The Hall–Kier alpha value is -2.76. The van der Waals surface area contributed by atoms with E-state index in [1.54, 1.807) is 24.3 Å². The molecule has 0 atom stereocenters. The molecule has 0 aliphatic carbocycles. The summed E-state index contributed by atoms with van der Waals surface area (Å²) in [5.74, 6) is -0.358. The predicted octanol–water partition coefficient (Wildman–Crippen LogP) is 4.26. The van der Waals surface area contributed by atoms with E-state index in [0.29, 0.717) is 5.39 Å². The van der Waals surface area contributed by atoms with Gasteiger partial charge in [0.25, 0.3) is 5.56 Å².